The van der Waals surface area contributed by atoms with Crippen molar-refractivity contribution in [3.8, 4) is 0 Å². The molecule has 0 spiro atoms. The monoisotopic (exact) mass is 274 g/mol. The normalized spacial score (nSPS) is 23.5. The number of pyridine rings is 1. The third kappa shape index (κ3) is 4.20. The first-order valence-corrected chi connectivity index (χ1v) is 6.59. The second-order valence-electron chi connectivity index (χ2n) is 4.84. The number of nitrogens with two attached hydrogens (primary N) is 1. The van der Waals surface area contributed by atoms with E-state index in [2.05, 4.69) is 17.6 Å². The van der Waals surface area contributed by atoms with Gasteiger partial charge in [-0.2, -0.15) is 13.2 Å². The fourth-order valence-corrected chi connectivity index (χ4v) is 2.60. The topological polar surface area (TPSA) is 38.9 Å². The van der Waals surface area contributed by atoms with Crippen LogP contribution in [-0.4, -0.2) is 12.0 Å². The largest absolute Gasteiger partial charge is 0.433 e. The number of hydrogen-bond acceptors (Lipinski definition) is 2. The van der Waals surface area contributed by atoms with Crippen molar-refractivity contribution in [1.82, 2.24) is 4.98 Å². The SMILES string of the molecule is CN.C[C@H]1CCCCC1c1ccc(C(F)(F)F)nc1. The van der Waals surface area contributed by atoms with Crippen molar-refractivity contribution >= 4 is 0 Å². The molecule has 2 rings (SSSR count). The minimum atomic E-state index is -4.34. The molecule has 0 bridgehead atoms. The molecule has 1 aliphatic carbocycles. The van der Waals surface area contributed by atoms with Gasteiger partial charge in [0.25, 0.3) is 0 Å². The average Bonchev–Trinajstić information content (AvgIpc) is 2.41. The van der Waals surface area contributed by atoms with Crippen molar-refractivity contribution in [2.75, 3.05) is 7.05 Å². The first-order valence-electron chi connectivity index (χ1n) is 6.59. The maximum Gasteiger partial charge on any atom is 0.433 e. The highest BCUT2D eigenvalue weighted by molar-refractivity contribution is 5.20. The number of aromatic nitrogens is 1. The Morgan fingerprint density at radius 3 is 2.26 bits per heavy atom. The van der Waals surface area contributed by atoms with Gasteiger partial charge in [0.2, 0.25) is 0 Å². The summed E-state index contributed by atoms with van der Waals surface area (Å²) in [7, 11) is 1.50. The molecular formula is C14H21F3N2. The zero-order valence-electron chi connectivity index (χ0n) is 11.4. The summed E-state index contributed by atoms with van der Waals surface area (Å²) in [6.45, 7) is 2.17. The lowest BCUT2D eigenvalue weighted by atomic mass is 9.77. The van der Waals surface area contributed by atoms with Crippen molar-refractivity contribution in [1.29, 1.82) is 0 Å². The molecule has 2 atom stereocenters. The second-order valence-corrected chi connectivity index (χ2v) is 4.84. The van der Waals surface area contributed by atoms with E-state index in [1.807, 2.05) is 0 Å². The molecule has 1 saturated carbocycles. The van der Waals surface area contributed by atoms with Crippen LogP contribution >= 0.6 is 0 Å². The van der Waals surface area contributed by atoms with E-state index < -0.39 is 11.9 Å². The van der Waals surface area contributed by atoms with E-state index in [-0.39, 0.29) is 0 Å². The summed E-state index contributed by atoms with van der Waals surface area (Å²) >= 11 is 0. The second kappa shape index (κ2) is 6.89. The van der Waals surface area contributed by atoms with E-state index >= 15 is 0 Å². The summed E-state index contributed by atoms with van der Waals surface area (Å²) in [6, 6.07) is 2.68. The predicted molar refractivity (Wildman–Crippen MR) is 69.7 cm³/mol. The van der Waals surface area contributed by atoms with Crippen LogP contribution in [0.15, 0.2) is 18.3 Å². The van der Waals surface area contributed by atoms with E-state index in [0.29, 0.717) is 11.8 Å². The van der Waals surface area contributed by atoms with Gasteiger partial charge in [-0.25, -0.2) is 0 Å². The van der Waals surface area contributed by atoms with Gasteiger partial charge in [-0.3, -0.25) is 4.98 Å². The maximum atomic E-state index is 12.4. The zero-order chi connectivity index (χ0) is 14.5. The van der Waals surface area contributed by atoms with Gasteiger partial charge in [0.1, 0.15) is 5.69 Å². The van der Waals surface area contributed by atoms with Crippen LogP contribution in [0.5, 0.6) is 0 Å². The number of alkyl halides is 3. The minimum Gasteiger partial charge on any atom is -0.333 e. The average molecular weight is 274 g/mol. The van der Waals surface area contributed by atoms with Crippen molar-refractivity contribution in [2.24, 2.45) is 11.7 Å². The molecule has 1 aromatic heterocycles. The molecule has 0 aromatic carbocycles. The fraction of sp³-hybridized carbons (Fsp3) is 0.643. The standard InChI is InChI=1S/C13H16F3N.CH5N/c1-9-4-2-3-5-11(9)10-6-7-12(17-8-10)13(14,15)16;1-2/h6-9,11H,2-5H2,1H3;2H2,1H3/t9-,11?;/m0./s1. The van der Waals surface area contributed by atoms with Crippen LogP contribution in [-0.2, 0) is 6.18 Å². The highest BCUT2D eigenvalue weighted by Gasteiger charge is 2.32. The summed E-state index contributed by atoms with van der Waals surface area (Å²) in [5.74, 6) is 0.917. The number of hydrogen-bond donors (Lipinski definition) is 1. The maximum absolute atomic E-state index is 12.4. The van der Waals surface area contributed by atoms with Gasteiger partial charge in [-0.05, 0) is 36.9 Å². The van der Waals surface area contributed by atoms with Gasteiger partial charge in [0.15, 0.2) is 0 Å². The van der Waals surface area contributed by atoms with Gasteiger partial charge < -0.3 is 5.73 Å². The first-order chi connectivity index (χ1) is 8.98. The summed E-state index contributed by atoms with van der Waals surface area (Å²) in [5.41, 5.74) is 4.65. The van der Waals surface area contributed by atoms with Crippen LogP contribution in [0.4, 0.5) is 13.2 Å². The number of rotatable bonds is 1. The van der Waals surface area contributed by atoms with Gasteiger partial charge in [0, 0.05) is 6.20 Å². The molecule has 0 saturated heterocycles. The third-order valence-corrected chi connectivity index (χ3v) is 3.62. The number of halogens is 3. The van der Waals surface area contributed by atoms with Gasteiger partial charge in [0.05, 0.1) is 0 Å². The quantitative estimate of drug-likeness (QED) is 0.841. The minimum absolute atomic E-state index is 0.374. The molecule has 1 heterocycles. The summed E-state index contributed by atoms with van der Waals surface area (Å²) in [4.78, 5) is 3.53. The Morgan fingerprint density at radius 2 is 1.79 bits per heavy atom. The molecule has 0 radical (unpaired) electrons. The highest BCUT2D eigenvalue weighted by Crippen LogP contribution is 2.37. The van der Waals surface area contributed by atoms with Crippen molar-refractivity contribution in [3.63, 3.8) is 0 Å². The molecule has 0 amide bonds. The smallest absolute Gasteiger partial charge is 0.333 e. The first kappa shape index (κ1) is 16.0. The Balaban J connectivity index is 0.000000861. The lowest BCUT2D eigenvalue weighted by Gasteiger charge is -2.28. The van der Waals surface area contributed by atoms with Crippen LogP contribution in [0.1, 0.15) is 49.8 Å². The van der Waals surface area contributed by atoms with Crippen LogP contribution < -0.4 is 5.73 Å². The Labute approximate surface area is 112 Å². The van der Waals surface area contributed by atoms with Crippen LogP contribution in [0.2, 0.25) is 0 Å². The Hall–Kier alpha value is -1.10. The van der Waals surface area contributed by atoms with E-state index in [0.717, 1.165) is 30.9 Å². The molecule has 1 aliphatic rings. The summed E-state index contributed by atoms with van der Waals surface area (Å²) in [6.07, 6.45) is 1.67. The molecule has 5 heteroatoms. The molecule has 108 valence electrons. The highest BCUT2D eigenvalue weighted by atomic mass is 19.4. The molecule has 2 nitrogen and oxygen atoms in total. The molecule has 1 fully saturated rings. The van der Waals surface area contributed by atoms with Gasteiger partial charge >= 0.3 is 6.18 Å². The lowest BCUT2D eigenvalue weighted by Crippen LogP contribution is -2.16. The van der Waals surface area contributed by atoms with Crippen LogP contribution in [0.25, 0.3) is 0 Å². The van der Waals surface area contributed by atoms with Crippen molar-refractivity contribution in [2.45, 2.75) is 44.7 Å². The Bertz CT molecular complexity index is 373. The predicted octanol–water partition coefficient (Wildman–Crippen LogP) is 3.97. The van der Waals surface area contributed by atoms with Crippen LogP contribution in [0, 0.1) is 5.92 Å². The lowest BCUT2D eigenvalue weighted by molar-refractivity contribution is -0.141. The van der Waals surface area contributed by atoms with E-state index in [1.54, 1.807) is 6.07 Å². The van der Waals surface area contributed by atoms with E-state index in [1.165, 1.54) is 19.7 Å². The third-order valence-electron chi connectivity index (χ3n) is 3.62. The Morgan fingerprint density at radius 1 is 1.16 bits per heavy atom. The molecule has 1 aromatic rings. The van der Waals surface area contributed by atoms with E-state index in [4.69, 9.17) is 0 Å². The molecule has 1 unspecified atom stereocenters. The molecule has 19 heavy (non-hydrogen) atoms. The summed E-state index contributed by atoms with van der Waals surface area (Å²) in [5, 5.41) is 0. The van der Waals surface area contributed by atoms with Crippen LogP contribution in [0.3, 0.4) is 0 Å². The Kier molecular flexibility index (Phi) is 5.79. The van der Waals surface area contributed by atoms with E-state index in [9.17, 15) is 13.2 Å². The van der Waals surface area contributed by atoms with Crippen molar-refractivity contribution < 1.29 is 13.2 Å². The number of nitrogens with zero attached hydrogens (tertiary/aromatic N) is 1. The van der Waals surface area contributed by atoms with Gasteiger partial charge in [-0.15, -0.1) is 0 Å². The summed E-state index contributed by atoms with van der Waals surface area (Å²) < 4.78 is 37.1. The fourth-order valence-electron chi connectivity index (χ4n) is 2.60. The molecule has 2 N–H and O–H groups in total. The molecular weight excluding hydrogens is 253 g/mol. The molecule has 0 aliphatic heterocycles. The van der Waals surface area contributed by atoms with Crippen molar-refractivity contribution in [3.05, 3.63) is 29.6 Å². The zero-order valence-corrected chi connectivity index (χ0v) is 11.4. The van der Waals surface area contributed by atoms with Gasteiger partial charge in [-0.1, -0.05) is 32.3 Å².